The highest BCUT2D eigenvalue weighted by atomic mass is 79.9. The summed E-state index contributed by atoms with van der Waals surface area (Å²) in [5.74, 6) is -2.33. The van der Waals surface area contributed by atoms with E-state index in [0.29, 0.717) is 21.3 Å². The molecule has 0 bridgehead atoms. The molecule has 1 atom stereocenters. The highest BCUT2D eigenvalue weighted by Gasteiger charge is 2.27. The Morgan fingerprint density at radius 1 is 1.24 bits per heavy atom. The van der Waals surface area contributed by atoms with Gasteiger partial charge in [-0.2, -0.15) is 0 Å². The fourth-order valence-corrected chi connectivity index (χ4v) is 3.02. The van der Waals surface area contributed by atoms with Crippen molar-refractivity contribution >= 4 is 33.5 Å². The third-order valence-electron chi connectivity index (χ3n) is 3.84. The number of rotatable bonds is 5. The first-order valence-corrected chi connectivity index (χ1v) is 8.33. The standard InChI is InChI=1S/C18H17BrFNO4/c1-8-15(10(3)22)9(2)21-16(8)17(23)11(4)25-18(24)13-7-12(19)5-6-14(13)20/h5-7,11,21H,1-4H3/t11-/m1/s1. The van der Waals surface area contributed by atoms with E-state index in [1.54, 1.807) is 13.8 Å². The van der Waals surface area contributed by atoms with Gasteiger partial charge in [-0.1, -0.05) is 15.9 Å². The first-order valence-electron chi connectivity index (χ1n) is 7.53. The molecule has 0 saturated heterocycles. The Kier molecular flexibility index (Phi) is 5.57. The molecule has 0 aliphatic heterocycles. The normalized spacial score (nSPS) is 11.9. The Morgan fingerprint density at radius 3 is 2.44 bits per heavy atom. The van der Waals surface area contributed by atoms with E-state index < -0.39 is 23.7 Å². The number of esters is 1. The van der Waals surface area contributed by atoms with Crippen LogP contribution in [0, 0.1) is 19.7 Å². The maximum absolute atomic E-state index is 13.8. The molecular weight excluding hydrogens is 393 g/mol. The molecule has 1 aromatic carbocycles. The largest absolute Gasteiger partial charge is 0.451 e. The summed E-state index contributed by atoms with van der Waals surface area (Å²) < 4.78 is 19.4. The molecule has 0 aliphatic rings. The third kappa shape index (κ3) is 3.87. The highest BCUT2D eigenvalue weighted by Crippen LogP contribution is 2.21. The van der Waals surface area contributed by atoms with Crippen LogP contribution in [0.3, 0.4) is 0 Å². The SMILES string of the molecule is CC(=O)c1c(C)[nH]c(C(=O)[C@@H](C)OC(=O)c2cc(Br)ccc2F)c1C. The van der Waals surface area contributed by atoms with Crippen LogP contribution >= 0.6 is 15.9 Å². The summed E-state index contributed by atoms with van der Waals surface area (Å²) in [7, 11) is 0. The molecule has 0 aliphatic carbocycles. The minimum Gasteiger partial charge on any atom is -0.451 e. The average Bonchev–Trinajstić information content (AvgIpc) is 2.83. The van der Waals surface area contributed by atoms with Crippen LogP contribution < -0.4 is 0 Å². The Hall–Kier alpha value is -2.28. The van der Waals surface area contributed by atoms with Gasteiger partial charge in [-0.25, -0.2) is 9.18 Å². The van der Waals surface area contributed by atoms with Gasteiger partial charge >= 0.3 is 5.97 Å². The lowest BCUT2D eigenvalue weighted by Gasteiger charge is -2.13. The quantitative estimate of drug-likeness (QED) is 0.593. The number of carbonyl (C=O) groups is 3. The summed E-state index contributed by atoms with van der Waals surface area (Å²) in [6.07, 6.45) is -1.14. The zero-order valence-corrected chi connectivity index (χ0v) is 15.8. The van der Waals surface area contributed by atoms with E-state index in [9.17, 15) is 18.8 Å². The second-order valence-electron chi connectivity index (χ2n) is 5.72. The Morgan fingerprint density at radius 2 is 1.88 bits per heavy atom. The van der Waals surface area contributed by atoms with Gasteiger partial charge in [0.05, 0.1) is 11.3 Å². The number of hydrogen-bond acceptors (Lipinski definition) is 4. The molecule has 0 radical (unpaired) electrons. The van der Waals surface area contributed by atoms with Gasteiger partial charge in [0.15, 0.2) is 11.9 Å². The van der Waals surface area contributed by atoms with Gasteiger partial charge < -0.3 is 9.72 Å². The molecule has 1 aromatic heterocycles. The van der Waals surface area contributed by atoms with Crippen LogP contribution in [0.25, 0.3) is 0 Å². The van der Waals surface area contributed by atoms with Crippen LogP contribution in [0.5, 0.6) is 0 Å². The number of halogens is 2. The van der Waals surface area contributed by atoms with E-state index in [4.69, 9.17) is 4.74 Å². The molecule has 7 heteroatoms. The molecule has 0 saturated carbocycles. The summed E-state index contributed by atoms with van der Waals surface area (Å²) in [4.78, 5) is 39.2. The van der Waals surface area contributed by atoms with Gasteiger partial charge in [0, 0.05) is 15.7 Å². The third-order valence-corrected chi connectivity index (χ3v) is 4.33. The first kappa shape index (κ1) is 19.1. The summed E-state index contributed by atoms with van der Waals surface area (Å²) in [6.45, 7) is 6.15. The summed E-state index contributed by atoms with van der Waals surface area (Å²) in [6, 6.07) is 3.87. The van der Waals surface area contributed by atoms with Crippen molar-refractivity contribution in [3.05, 3.63) is 56.6 Å². The van der Waals surface area contributed by atoms with Gasteiger partial charge in [-0.15, -0.1) is 0 Å². The lowest BCUT2D eigenvalue weighted by Crippen LogP contribution is -2.25. The lowest BCUT2D eigenvalue weighted by atomic mass is 10.0. The Balaban J connectivity index is 2.24. The van der Waals surface area contributed by atoms with Gasteiger partial charge in [0.2, 0.25) is 5.78 Å². The highest BCUT2D eigenvalue weighted by molar-refractivity contribution is 9.10. The molecule has 1 heterocycles. The molecular formula is C18H17BrFNO4. The Labute approximate surface area is 152 Å². The number of hydrogen-bond donors (Lipinski definition) is 1. The minimum absolute atomic E-state index is 0.161. The zero-order chi connectivity index (χ0) is 18.9. The predicted octanol–water partition coefficient (Wildman–Crippen LogP) is 4.16. The van der Waals surface area contributed by atoms with Crippen molar-refractivity contribution in [2.24, 2.45) is 0 Å². The number of aryl methyl sites for hydroxylation is 1. The molecule has 0 fully saturated rings. The van der Waals surface area contributed by atoms with Crippen LogP contribution in [0.2, 0.25) is 0 Å². The first-order chi connectivity index (χ1) is 11.6. The van der Waals surface area contributed by atoms with E-state index in [-0.39, 0.29) is 17.0 Å². The second-order valence-corrected chi connectivity index (χ2v) is 6.63. The van der Waals surface area contributed by atoms with Crippen molar-refractivity contribution in [3.8, 4) is 0 Å². The number of ether oxygens (including phenoxy) is 1. The van der Waals surface area contributed by atoms with E-state index >= 15 is 0 Å². The minimum atomic E-state index is -1.14. The number of benzene rings is 1. The number of nitrogens with one attached hydrogen (secondary N) is 1. The maximum Gasteiger partial charge on any atom is 0.341 e. The topological polar surface area (TPSA) is 76.2 Å². The number of carbonyl (C=O) groups excluding carboxylic acids is 3. The molecule has 132 valence electrons. The van der Waals surface area contributed by atoms with Crippen molar-refractivity contribution in [1.29, 1.82) is 0 Å². The molecule has 2 aromatic rings. The van der Waals surface area contributed by atoms with Crippen LogP contribution in [-0.4, -0.2) is 28.6 Å². The smallest absolute Gasteiger partial charge is 0.341 e. The summed E-state index contributed by atoms with van der Waals surface area (Å²) in [5, 5.41) is 0. The van der Waals surface area contributed by atoms with Crippen molar-refractivity contribution in [1.82, 2.24) is 4.98 Å². The zero-order valence-electron chi connectivity index (χ0n) is 14.2. The van der Waals surface area contributed by atoms with Crippen molar-refractivity contribution in [3.63, 3.8) is 0 Å². The van der Waals surface area contributed by atoms with Gasteiger partial charge in [-0.05, 0) is 51.5 Å². The average molecular weight is 410 g/mol. The number of aromatic amines is 1. The van der Waals surface area contributed by atoms with Gasteiger partial charge in [0.1, 0.15) is 5.82 Å². The van der Waals surface area contributed by atoms with Crippen molar-refractivity contribution in [2.75, 3.05) is 0 Å². The van der Waals surface area contributed by atoms with Crippen LogP contribution in [0.4, 0.5) is 4.39 Å². The van der Waals surface area contributed by atoms with E-state index in [2.05, 4.69) is 20.9 Å². The maximum atomic E-state index is 13.8. The van der Waals surface area contributed by atoms with E-state index in [0.717, 1.165) is 6.07 Å². The molecule has 0 amide bonds. The monoisotopic (exact) mass is 409 g/mol. The molecule has 2 rings (SSSR count). The van der Waals surface area contributed by atoms with Gasteiger partial charge in [-0.3, -0.25) is 9.59 Å². The van der Waals surface area contributed by atoms with Crippen LogP contribution in [0.15, 0.2) is 22.7 Å². The molecule has 0 unspecified atom stereocenters. The Bertz CT molecular complexity index is 872. The molecule has 5 nitrogen and oxygen atoms in total. The number of ketones is 2. The van der Waals surface area contributed by atoms with Crippen LogP contribution in [0.1, 0.15) is 56.3 Å². The fraction of sp³-hybridized carbons (Fsp3) is 0.278. The summed E-state index contributed by atoms with van der Waals surface area (Å²) in [5.41, 5.74) is 1.46. The van der Waals surface area contributed by atoms with Crippen molar-refractivity contribution in [2.45, 2.75) is 33.8 Å². The summed E-state index contributed by atoms with van der Waals surface area (Å²) >= 11 is 3.15. The van der Waals surface area contributed by atoms with E-state index in [1.807, 2.05) is 0 Å². The fourth-order valence-electron chi connectivity index (χ4n) is 2.66. The molecule has 25 heavy (non-hydrogen) atoms. The van der Waals surface area contributed by atoms with Crippen LogP contribution in [-0.2, 0) is 4.74 Å². The van der Waals surface area contributed by atoms with Crippen molar-refractivity contribution < 1.29 is 23.5 Å². The number of H-pyrrole nitrogens is 1. The number of Topliss-reactive ketones (excluding diaryl/α,β-unsaturated/α-hetero) is 2. The second kappa shape index (κ2) is 7.31. The lowest BCUT2D eigenvalue weighted by molar-refractivity contribution is 0.0312. The molecule has 1 N–H and O–H groups in total. The van der Waals surface area contributed by atoms with E-state index in [1.165, 1.54) is 26.0 Å². The van der Waals surface area contributed by atoms with Gasteiger partial charge in [0.25, 0.3) is 0 Å². The molecule has 0 spiro atoms. The number of aromatic nitrogens is 1. The predicted molar refractivity (Wildman–Crippen MR) is 93.6 cm³/mol.